The molecular weight excluding hydrogens is 505 g/mol. The molecule has 210 valence electrons. The maximum absolute atomic E-state index is 13.0. The minimum absolute atomic E-state index is 0.0908. The number of para-hydroxylation sites is 2. The zero-order valence-corrected chi connectivity index (χ0v) is 21.8. The molecule has 0 aliphatic carbocycles. The number of anilines is 1. The number of hydrogen-bond donors (Lipinski definition) is 2. The minimum Gasteiger partial charge on any atom is -0.492 e. The molecule has 0 aliphatic heterocycles. The van der Waals surface area contributed by atoms with Gasteiger partial charge in [-0.25, -0.2) is 9.59 Å². The van der Waals surface area contributed by atoms with Gasteiger partial charge in [0, 0.05) is 19.6 Å². The molecule has 1 unspecified atom stereocenters. The van der Waals surface area contributed by atoms with Gasteiger partial charge in [-0.2, -0.15) is 0 Å². The number of urea groups is 1. The highest BCUT2D eigenvalue weighted by molar-refractivity contribution is 5.91. The topological polar surface area (TPSA) is 97.3 Å². The van der Waals surface area contributed by atoms with Gasteiger partial charge in [0.25, 0.3) is 0 Å². The molecule has 2 rings (SSSR count). The monoisotopic (exact) mass is 540 g/mol. The molecule has 2 aromatic carbocycles. The minimum atomic E-state index is -4.89. The van der Waals surface area contributed by atoms with Crippen LogP contribution in [0.2, 0.25) is 0 Å². The summed E-state index contributed by atoms with van der Waals surface area (Å²) in [6.45, 7) is 6.88. The third-order valence-electron chi connectivity index (χ3n) is 5.47. The molecule has 0 heterocycles. The molecule has 0 spiro atoms. The summed E-state index contributed by atoms with van der Waals surface area (Å²) >= 11 is 0. The average Bonchev–Trinajstić information content (AvgIpc) is 2.83. The zero-order chi connectivity index (χ0) is 28.1. The van der Waals surface area contributed by atoms with Crippen LogP contribution in [0.5, 0.6) is 11.5 Å². The van der Waals surface area contributed by atoms with Gasteiger partial charge in [0.15, 0.2) is 11.9 Å². The zero-order valence-electron chi connectivity index (χ0n) is 21.8. The molecule has 0 radical (unpaired) electrons. The summed E-state index contributed by atoms with van der Waals surface area (Å²) in [6.07, 6.45) is -4.02. The van der Waals surface area contributed by atoms with Crippen molar-refractivity contribution in [2.24, 2.45) is 5.92 Å². The fourth-order valence-electron chi connectivity index (χ4n) is 3.61. The number of aliphatic carboxylic acids is 1. The van der Waals surface area contributed by atoms with Crippen LogP contribution in [0.3, 0.4) is 0 Å². The van der Waals surface area contributed by atoms with E-state index in [1.807, 2.05) is 0 Å². The SMILES string of the molecule is CCOC(Cc1ccc(OCCN(CCCC(C)C)C(=O)Nc2ccccc2OC(F)(F)F)cc1)C(=O)O. The van der Waals surface area contributed by atoms with Crippen molar-refractivity contribution in [1.82, 2.24) is 4.90 Å². The second-order valence-corrected chi connectivity index (χ2v) is 8.98. The van der Waals surface area contributed by atoms with Crippen LogP contribution in [0.4, 0.5) is 23.7 Å². The van der Waals surface area contributed by atoms with E-state index in [1.54, 1.807) is 31.2 Å². The van der Waals surface area contributed by atoms with Gasteiger partial charge in [-0.3, -0.25) is 0 Å². The molecular formula is C27H35F3N2O6. The molecule has 38 heavy (non-hydrogen) atoms. The predicted molar refractivity (Wildman–Crippen MR) is 136 cm³/mol. The Bertz CT molecular complexity index is 1010. The molecule has 2 aromatic rings. The Balaban J connectivity index is 2.00. The summed E-state index contributed by atoms with van der Waals surface area (Å²) in [4.78, 5) is 25.7. The van der Waals surface area contributed by atoms with E-state index in [-0.39, 0.29) is 25.3 Å². The van der Waals surface area contributed by atoms with Crippen molar-refractivity contribution in [3.8, 4) is 11.5 Å². The van der Waals surface area contributed by atoms with Crippen LogP contribution in [0.25, 0.3) is 0 Å². The lowest BCUT2D eigenvalue weighted by molar-refractivity contribution is -0.274. The number of hydrogen-bond acceptors (Lipinski definition) is 5. The number of ether oxygens (including phenoxy) is 3. The van der Waals surface area contributed by atoms with E-state index in [1.165, 1.54) is 23.1 Å². The number of nitrogens with one attached hydrogen (secondary N) is 1. The Hall–Kier alpha value is -3.47. The van der Waals surface area contributed by atoms with E-state index in [0.717, 1.165) is 18.1 Å². The fraction of sp³-hybridized carbons (Fsp3) is 0.481. The summed E-state index contributed by atoms with van der Waals surface area (Å²) in [5.74, 6) is -0.570. The van der Waals surface area contributed by atoms with Gasteiger partial charge >= 0.3 is 18.4 Å². The summed E-state index contributed by atoms with van der Waals surface area (Å²) in [7, 11) is 0. The first kappa shape index (κ1) is 30.8. The standard InChI is InChI=1S/C27H35F3N2O6/c1-4-36-24(25(33)34)18-20-11-13-21(14-12-20)37-17-16-32(15-7-8-19(2)3)26(35)31-22-9-5-6-10-23(22)38-27(28,29)30/h5-6,9-14,19,24H,4,7-8,15-18H2,1-3H3,(H,31,35)(H,33,34). The third-order valence-corrected chi connectivity index (χ3v) is 5.47. The van der Waals surface area contributed by atoms with Gasteiger partial charge in [0.2, 0.25) is 0 Å². The van der Waals surface area contributed by atoms with E-state index >= 15 is 0 Å². The van der Waals surface area contributed by atoms with Crippen molar-refractivity contribution in [3.63, 3.8) is 0 Å². The first-order chi connectivity index (χ1) is 18.0. The number of halogens is 3. The number of benzene rings is 2. The molecule has 2 N–H and O–H groups in total. The van der Waals surface area contributed by atoms with Gasteiger partial charge in [0.05, 0.1) is 12.2 Å². The molecule has 1 atom stereocenters. The number of amides is 2. The van der Waals surface area contributed by atoms with Crippen LogP contribution in [0.15, 0.2) is 48.5 Å². The Morgan fingerprint density at radius 2 is 1.74 bits per heavy atom. The first-order valence-electron chi connectivity index (χ1n) is 12.4. The second kappa shape index (κ2) is 15.1. The van der Waals surface area contributed by atoms with E-state index in [2.05, 4.69) is 23.9 Å². The Labute approximate surface area is 220 Å². The van der Waals surface area contributed by atoms with Crippen molar-refractivity contribution in [1.29, 1.82) is 0 Å². The third kappa shape index (κ3) is 11.3. The highest BCUT2D eigenvalue weighted by atomic mass is 19.4. The molecule has 2 amide bonds. The van der Waals surface area contributed by atoms with Crippen LogP contribution in [0.1, 0.15) is 39.2 Å². The lowest BCUT2D eigenvalue weighted by Gasteiger charge is -2.24. The lowest BCUT2D eigenvalue weighted by atomic mass is 10.1. The summed E-state index contributed by atoms with van der Waals surface area (Å²) < 4.78 is 53.3. The van der Waals surface area contributed by atoms with Crippen LogP contribution in [-0.2, 0) is 16.0 Å². The Kier molecular flexibility index (Phi) is 12.2. The van der Waals surface area contributed by atoms with Gasteiger partial charge in [-0.1, -0.05) is 38.1 Å². The second-order valence-electron chi connectivity index (χ2n) is 8.98. The van der Waals surface area contributed by atoms with Gasteiger partial charge in [-0.05, 0) is 55.5 Å². The van der Waals surface area contributed by atoms with Crippen molar-refractivity contribution >= 4 is 17.7 Å². The number of nitrogens with zero attached hydrogens (tertiary/aromatic N) is 1. The van der Waals surface area contributed by atoms with Crippen LogP contribution >= 0.6 is 0 Å². The Morgan fingerprint density at radius 3 is 2.34 bits per heavy atom. The molecule has 0 saturated heterocycles. The van der Waals surface area contributed by atoms with E-state index < -0.39 is 30.2 Å². The number of carboxylic acid groups (broad SMARTS) is 1. The maximum atomic E-state index is 13.0. The highest BCUT2D eigenvalue weighted by Crippen LogP contribution is 2.30. The van der Waals surface area contributed by atoms with Crippen LogP contribution in [0, 0.1) is 5.92 Å². The van der Waals surface area contributed by atoms with E-state index in [4.69, 9.17) is 9.47 Å². The van der Waals surface area contributed by atoms with Crippen molar-refractivity contribution in [2.75, 3.05) is 31.6 Å². The Morgan fingerprint density at radius 1 is 1.05 bits per heavy atom. The summed E-state index contributed by atoms with van der Waals surface area (Å²) in [5.41, 5.74) is 0.680. The average molecular weight is 541 g/mol. The quantitative estimate of drug-likeness (QED) is 0.289. The number of carbonyl (C=O) groups excluding carboxylic acids is 1. The van der Waals surface area contributed by atoms with Crippen LogP contribution in [-0.4, -0.2) is 60.8 Å². The van der Waals surface area contributed by atoms with Crippen molar-refractivity contribution in [3.05, 3.63) is 54.1 Å². The highest BCUT2D eigenvalue weighted by Gasteiger charge is 2.32. The molecule has 0 fully saturated rings. The lowest BCUT2D eigenvalue weighted by Crippen LogP contribution is -2.38. The number of alkyl halides is 3. The number of rotatable bonds is 15. The fourth-order valence-corrected chi connectivity index (χ4v) is 3.61. The first-order valence-corrected chi connectivity index (χ1v) is 12.4. The van der Waals surface area contributed by atoms with Crippen LogP contribution < -0.4 is 14.8 Å². The summed E-state index contributed by atoms with van der Waals surface area (Å²) in [6, 6.07) is 11.7. The molecule has 0 saturated carbocycles. The summed E-state index contributed by atoms with van der Waals surface area (Å²) in [5, 5.41) is 11.8. The molecule has 8 nitrogen and oxygen atoms in total. The van der Waals surface area contributed by atoms with Crippen molar-refractivity contribution in [2.45, 2.75) is 52.5 Å². The maximum Gasteiger partial charge on any atom is 0.573 e. The molecule has 11 heteroatoms. The molecule has 0 aromatic heterocycles. The van der Waals surface area contributed by atoms with E-state index in [0.29, 0.717) is 31.2 Å². The van der Waals surface area contributed by atoms with E-state index in [9.17, 15) is 27.9 Å². The molecule has 0 bridgehead atoms. The largest absolute Gasteiger partial charge is 0.573 e. The smallest absolute Gasteiger partial charge is 0.492 e. The van der Waals surface area contributed by atoms with Crippen molar-refractivity contribution < 1.29 is 42.1 Å². The molecule has 0 aliphatic rings. The van der Waals surface area contributed by atoms with Gasteiger partial charge in [-0.15, -0.1) is 13.2 Å². The number of carboxylic acids is 1. The normalized spacial score (nSPS) is 12.2. The number of carbonyl (C=O) groups is 2. The van der Waals surface area contributed by atoms with Gasteiger partial charge < -0.3 is 29.5 Å². The van der Waals surface area contributed by atoms with Gasteiger partial charge in [0.1, 0.15) is 12.4 Å². The predicted octanol–water partition coefficient (Wildman–Crippen LogP) is 5.97.